The zero-order valence-corrected chi connectivity index (χ0v) is 14.5. The number of carbonyl (C=O) groups is 2. The molecular weight excluding hydrogens is 354 g/mol. The van der Waals surface area contributed by atoms with Gasteiger partial charge in [-0.1, -0.05) is 6.07 Å². The van der Waals surface area contributed by atoms with Crippen LogP contribution in [0.1, 0.15) is 26.3 Å². The second-order valence-corrected chi connectivity index (χ2v) is 6.79. The lowest BCUT2D eigenvalue weighted by Gasteiger charge is -2.28. The van der Waals surface area contributed by atoms with Gasteiger partial charge in [0.15, 0.2) is 0 Å². The first-order valence-electron chi connectivity index (χ1n) is 6.67. The predicted molar refractivity (Wildman–Crippen MR) is 84.9 cm³/mol. The van der Waals surface area contributed by atoms with Gasteiger partial charge in [-0.3, -0.25) is 4.90 Å². The largest absolute Gasteiger partial charge is 0.507 e. The number of rotatable bonds is 4. The summed E-state index contributed by atoms with van der Waals surface area (Å²) in [6.45, 7) is 5.14. The molecule has 0 saturated carbocycles. The van der Waals surface area contributed by atoms with Crippen molar-refractivity contribution in [2.75, 3.05) is 7.05 Å². The van der Waals surface area contributed by atoms with E-state index in [0.29, 0.717) is 10.0 Å². The van der Waals surface area contributed by atoms with Gasteiger partial charge in [0, 0.05) is 13.5 Å². The minimum absolute atomic E-state index is 0.0659. The molecule has 0 aromatic heterocycles. The minimum atomic E-state index is -1.13. The van der Waals surface area contributed by atoms with Crippen molar-refractivity contribution >= 4 is 28.0 Å². The Labute approximate surface area is 137 Å². The van der Waals surface area contributed by atoms with Crippen LogP contribution in [-0.4, -0.2) is 45.9 Å². The zero-order valence-electron chi connectivity index (χ0n) is 13.0. The molecule has 1 rings (SSSR count). The number of aromatic hydroxyl groups is 1. The van der Waals surface area contributed by atoms with Crippen LogP contribution in [0.25, 0.3) is 0 Å². The van der Waals surface area contributed by atoms with Crippen molar-refractivity contribution in [3.63, 3.8) is 0 Å². The summed E-state index contributed by atoms with van der Waals surface area (Å²) >= 11 is 3.18. The van der Waals surface area contributed by atoms with Gasteiger partial charge >= 0.3 is 12.1 Å². The molecule has 1 atom stereocenters. The summed E-state index contributed by atoms with van der Waals surface area (Å²) < 4.78 is 5.65. The first-order chi connectivity index (χ1) is 10.0. The fourth-order valence-corrected chi connectivity index (χ4v) is 2.18. The van der Waals surface area contributed by atoms with Crippen LogP contribution in [0.5, 0.6) is 5.75 Å². The average molecular weight is 374 g/mol. The highest BCUT2D eigenvalue weighted by Gasteiger charge is 2.30. The fraction of sp³-hybridized carbons (Fsp3) is 0.467. The smallest absolute Gasteiger partial charge is 0.410 e. The maximum Gasteiger partial charge on any atom is 0.410 e. The number of phenols is 1. The van der Waals surface area contributed by atoms with Crippen LogP contribution in [0.3, 0.4) is 0 Å². The average Bonchev–Trinajstić information content (AvgIpc) is 2.36. The van der Waals surface area contributed by atoms with Crippen LogP contribution in [0, 0.1) is 0 Å². The molecule has 1 amide bonds. The van der Waals surface area contributed by atoms with E-state index in [1.807, 2.05) is 0 Å². The summed E-state index contributed by atoms with van der Waals surface area (Å²) in [4.78, 5) is 24.5. The summed E-state index contributed by atoms with van der Waals surface area (Å²) in [6, 6.07) is 3.63. The number of halogens is 1. The number of carboxylic acid groups (broad SMARTS) is 1. The summed E-state index contributed by atoms with van der Waals surface area (Å²) in [5, 5.41) is 18.8. The van der Waals surface area contributed by atoms with E-state index < -0.39 is 23.7 Å². The quantitative estimate of drug-likeness (QED) is 0.846. The van der Waals surface area contributed by atoms with Gasteiger partial charge in [-0.25, -0.2) is 9.59 Å². The first-order valence-corrected chi connectivity index (χ1v) is 7.46. The molecule has 0 aliphatic carbocycles. The van der Waals surface area contributed by atoms with E-state index in [1.54, 1.807) is 32.9 Å². The molecule has 0 fully saturated rings. The fourth-order valence-electron chi connectivity index (χ4n) is 1.75. The first kappa shape index (κ1) is 18.3. The SMILES string of the molecule is CN(C(=O)OC(C)(C)C)C(Cc1ccc(O)c(Br)c1)C(=O)O. The van der Waals surface area contributed by atoms with E-state index in [9.17, 15) is 19.8 Å². The maximum atomic E-state index is 12.0. The van der Waals surface area contributed by atoms with Crippen molar-refractivity contribution in [3.8, 4) is 5.75 Å². The lowest BCUT2D eigenvalue weighted by atomic mass is 10.1. The number of likely N-dealkylation sites (N-methyl/N-ethyl adjacent to an activating group) is 1. The van der Waals surface area contributed by atoms with Gasteiger partial charge in [-0.2, -0.15) is 0 Å². The number of carboxylic acids is 1. The van der Waals surface area contributed by atoms with E-state index >= 15 is 0 Å². The second kappa shape index (κ2) is 7.00. The molecule has 2 N–H and O–H groups in total. The van der Waals surface area contributed by atoms with E-state index in [1.165, 1.54) is 13.1 Å². The zero-order chi connectivity index (χ0) is 17.1. The van der Waals surface area contributed by atoms with Crippen LogP contribution in [0.15, 0.2) is 22.7 Å². The monoisotopic (exact) mass is 373 g/mol. The highest BCUT2D eigenvalue weighted by molar-refractivity contribution is 9.10. The number of phenolic OH excluding ortho intramolecular Hbond substituents is 1. The number of hydrogen-bond donors (Lipinski definition) is 2. The molecule has 22 heavy (non-hydrogen) atoms. The van der Waals surface area contributed by atoms with Crippen LogP contribution >= 0.6 is 15.9 Å². The van der Waals surface area contributed by atoms with Gasteiger partial charge in [-0.05, 0) is 54.4 Å². The standard InChI is InChI=1S/C15H20BrNO5/c1-15(2,3)22-14(21)17(4)11(13(19)20)8-9-5-6-12(18)10(16)7-9/h5-7,11,18H,8H2,1-4H3,(H,19,20). The molecule has 1 aromatic carbocycles. The molecule has 6 nitrogen and oxygen atoms in total. The molecule has 1 aromatic rings. The normalized spacial score (nSPS) is 12.6. The van der Waals surface area contributed by atoms with Crippen LogP contribution in [0.4, 0.5) is 4.79 Å². The van der Waals surface area contributed by atoms with Crippen LogP contribution < -0.4 is 0 Å². The molecule has 0 radical (unpaired) electrons. The Hall–Kier alpha value is -1.76. The lowest BCUT2D eigenvalue weighted by molar-refractivity contribution is -0.142. The van der Waals surface area contributed by atoms with E-state index in [4.69, 9.17) is 4.74 Å². The van der Waals surface area contributed by atoms with Gasteiger partial charge in [-0.15, -0.1) is 0 Å². The molecule has 1 unspecified atom stereocenters. The molecule has 0 aliphatic rings. The Bertz CT molecular complexity index is 568. The lowest BCUT2D eigenvalue weighted by Crippen LogP contribution is -2.46. The molecule has 0 aliphatic heterocycles. The van der Waals surface area contributed by atoms with Gasteiger partial charge in [0.2, 0.25) is 0 Å². The summed E-state index contributed by atoms with van der Waals surface area (Å²) in [7, 11) is 1.39. The van der Waals surface area contributed by atoms with Gasteiger partial charge < -0.3 is 14.9 Å². The van der Waals surface area contributed by atoms with Crippen molar-refractivity contribution in [2.45, 2.75) is 38.8 Å². The molecule has 0 heterocycles. The second-order valence-electron chi connectivity index (χ2n) is 5.94. The Morgan fingerprint density at radius 1 is 1.36 bits per heavy atom. The van der Waals surface area contributed by atoms with E-state index in [0.717, 1.165) is 4.90 Å². The molecule has 122 valence electrons. The highest BCUT2D eigenvalue weighted by atomic mass is 79.9. The van der Waals surface area contributed by atoms with E-state index in [2.05, 4.69) is 15.9 Å². The third-order valence-corrected chi connectivity index (χ3v) is 3.51. The van der Waals surface area contributed by atoms with Crippen LogP contribution in [-0.2, 0) is 16.0 Å². The molecule has 7 heteroatoms. The summed E-state index contributed by atoms with van der Waals surface area (Å²) in [5.74, 6) is -1.06. The molecule has 0 bridgehead atoms. The Morgan fingerprint density at radius 3 is 2.41 bits per heavy atom. The number of benzene rings is 1. The Balaban J connectivity index is 2.91. The van der Waals surface area contributed by atoms with Crippen molar-refractivity contribution in [2.24, 2.45) is 0 Å². The number of hydrogen-bond acceptors (Lipinski definition) is 4. The number of nitrogens with zero attached hydrogens (tertiary/aromatic N) is 1. The molecule has 0 spiro atoms. The topological polar surface area (TPSA) is 87.1 Å². The third kappa shape index (κ3) is 5.22. The maximum absolute atomic E-state index is 12.0. The van der Waals surface area contributed by atoms with Gasteiger partial charge in [0.1, 0.15) is 17.4 Å². The van der Waals surface area contributed by atoms with Crippen molar-refractivity contribution in [1.29, 1.82) is 0 Å². The number of aliphatic carboxylic acids is 1. The highest BCUT2D eigenvalue weighted by Crippen LogP contribution is 2.25. The summed E-state index contributed by atoms with van der Waals surface area (Å²) in [6.07, 6.45) is -0.595. The van der Waals surface area contributed by atoms with Crippen molar-refractivity contribution in [1.82, 2.24) is 4.90 Å². The minimum Gasteiger partial charge on any atom is -0.507 e. The van der Waals surface area contributed by atoms with Crippen molar-refractivity contribution < 1.29 is 24.5 Å². The summed E-state index contributed by atoms with van der Waals surface area (Å²) in [5.41, 5.74) is -0.0249. The van der Waals surface area contributed by atoms with Gasteiger partial charge in [0.25, 0.3) is 0 Å². The number of amides is 1. The van der Waals surface area contributed by atoms with Crippen LogP contribution in [0.2, 0.25) is 0 Å². The predicted octanol–water partition coefficient (Wildman–Crippen LogP) is 3.02. The number of carbonyl (C=O) groups excluding carboxylic acids is 1. The number of ether oxygens (including phenoxy) is 1. The van der Waals surface area contributed by atoms with Gasteiger partial charge in [0.05, 0.1) is 4.47 Å². The Morgan fingerprint density at radius 2 is 1.95 bits per heavy atom. The molecular formula is C15H20BrNO5. The Kier molecular flexibility index (Phi) is 5.82. The third-order valence-electron chi connectivity index (χ3n) is 2.88. The van der Waals surface area contributed by atoms with Crippen molar-refractivity contribution in [3.05, 3.63) is 28.2 Å². The van der Waals surface area contributed by atoms with E-state index in [-0.39, 0.29) is 12.2 Å². The molecule has 0 saturated heterocycles.